The van der Waals surface area contributed by atoms with Crippen LogP contribution in [0.5, 0.6) is 0 Å². The number of nitrogens with one attached hydrogen (secondary N) is 1. The van der Waals surface area contributed by atoms with Crippen LogP contribution in [0.25, 0.3) is 0 Å². The van der Waals surface area contributed by atoms with Crippen molar-refractivity contribution in [1.29, 1.82) is 0 Å². The Labute approximate surface area is 121 Å². The number of nitrogens with two attached hydrogens (primary N) is 1. The van der Waals surface area contributed by atoms with E-state index >= 15 is 0 Å². The molecule has 0 spiro atoms. The third-order valence-corrected chi connectivity index (χ3v) is 3.08. The summed E-state index contributed by atoms with van der Waals surface area (Å²) in [5.74, 6) is -0.332. The van der Waals surface area contributed by atoms with Gasteiger partial charge in [0.15, 0.2) is 0 Å². The van der Waals surface area contributed by atoms with Gasteiger partial charge in [-0.3, -0.25) is 4.79 Å². The highest BCUT2D eigenvalue weighted by Gasteiger charge is 2.13. The summed E-state index contributed by atoms with van der Waals surface area (Å²) in [6, 6.07) is 2.97. The molecular formula is C12H16Cl2N2O3. The van der Waals surface area contributed by atoms with Gasteiger partial charge in [-0.15, -0.1) is 0 Å². The molecule has 1 aromatic rings. The first-order valence-corrected chi connectivity index (χ1v) is 6.53. The predicted octanol–water partition coefficient (Wildman–Crippen LogP) is 1.70. The predicted molar refractivity (Wildman–Crippen MR) is 75.7 cm³/mol. The Morgan fingerprint density at radius 1 is 1.37 bits per heavy atom. The number of hydrogen-bond donors (Lipinski definition) is 3. The number of carbonyl (C=O) groups is 1. The van der Waals surface area contributed by atoms with E-state index < -0.39 is 0 Å². The van der Waals surface area contributed by atoms with Crippen molar-refractivity contribution in [1.82, 2.24) is 5.32 Å². The maximum atomic E-state index is 11.9. The second kappa shape index (κ2) is 8.22. The first-order valence-electron chi connectivity index (χ1n) is 5.77. The number of benzene rings is 1. The van der Waals surface area contributed by atoms with Crippen LogP contribution in [0, 0.1) is 0 Å². The van der Waals surface area contributed by atoms with E-state index in [1.807, 2.05) is 0 Å². The van der Waals surface area contributed by atoms with Gasteiger partial charge in [0, 0.05) is 18.8 Å². The summed E-state index contributed by atoms with van der Waals surface area (Å²) < 4.78 is 5.06. The number of aliphatic hydroxyl groups is 1. The molecule has 0 radical (unpaired) electrons. The average Bonchev–Trinajstić information content (AvgIpc) is 2.37. The van der Waals surface area contributed by atoms with E-state index in [-0.39, 0.29) is 28.1 Å². The average molecular weight is 307 g/mol. The van der Waals surface area contributed by atoms with Crippen molar-refractivity contribution < 1.29 is 14.6 Å². The Bertz CT molecular complexity index is 441. The summed E-state index contributed by atoms with van der Waals surface area (Å²) in [7, 11) is 0. The van der Waals surface area contributed by atoms with E-state index in [4.69, 9.17) is 38.8 Å². The molecule has 5 nitrogen and oxygen atoms in total. The smallest absolute Gasteiger partial charge is 0.252 e. The molecule has 19 heavy (non-hydrogen) atoms. The van der Waals surface area contributed by atoms with Crippen LogP contribution in [0.4, 0.5) is 5.69 Å². The van der Waals surface area contributed by atoms with Crippen molar-refractivity contribution in [2.24, 2.45) is 0 Å². The molecule has 0 aliphatic carbocycles. The zero-order valence-electron chi connectivity index (χ0n) is 10.3. The molecule has 1 amide bonds. The van der Waals surface area contributed by atoms with Gasteiger partial charge in [0.05, 0.1) is 28.8 Å². The molecule has 7 heteroatoms. The Kier molecular flexibility index (Phi) is 6.94. The fourth-order valence-corrected chi connectivity index (χ4v) is 1.84. The third kappa shape index (κ3) is 5.24. The molecule has 0 fully saturated rings. The minimum absolute atomic E-state index is 0.0102. The lowest BCUT2D eigenvalue weighted by Crippen LogP contribution is -2.25. The van der Waals surface area contributed by atoms with Crippen LogP contribution in [-0.2, 0) is 4.74 Å². The first-order chi connectivity index (χ1) is 9.06. The summed E-state index contributed by atoms with van der Waals surface area (Å²) >= 11 is 11.8. The van der Waals surface area contributed by atoms with Crippen LogP contribution in [0.2, 0.25) is 10.0 Å². The van der Waals surface area contributed by atoms with Gasteiger partial charge in [-0.05, 0) is 18.6 Å². The zero-order valence-corrected chi connectivity index (χ0v) is 11.8. The molecule has 0 saturated carbocycles. The fourth-order valence-electron chi connectivity index (χ4n) is 1.41. The molecule has 0 aliphatic rings. The lowest BCUT2D eigenvalue weighted by Gasteiger charge is -2.09. The zero-order chi connectivity index (χ0) is 14.3. The number of carbonyl (C=O) groups excluding carboxylic acids is 1. The van der Waals surface area contributed by atoms with E-state index in [1.165, 1.54) is 12.1 Å². The molecule has 0 unspecified atom stereocenters. The van der Waals surface area contributed by atoms with Crippen molar-refractivity contribution in [2.75, 3.05) is 32.1 Å². The fraction of sp³-hybridized carbons (Fsp3) is 0.417. The van der Waals surface area contributed by atoms with Gasteiger partial charge in [-0.25, -0.2) is 0 Å². The lowest BCUT2D eigenvalue weighted by atomic mass is 10.2. The summed E-state index contributed by atoms with van der Waals surface area (Å²) in [6.07, 6.45) is 0.638. The molecule has 106 valence electrons. The van der Waals surface area contributed by atoms with E-state index in [1.54, 1.807) is 0 Å². The number of aliphatic hydroxyl groups excluding tert-OH is 1. The Morgan fingerprint density at radius 2 is 2.11 bits per heavy atom. The molecule has 0 aromatic heterocycles. The topological polar surface area (TPSA) is 84.6 Å². The number of ether oxygens (including phenoxy) is 1. The van der Waals surface area contributed by atoms with E-state index in [2.05, 4.69) is 5.32 Å². The van der Waals surface area contributed by atoms with Gasteiger partial charge in [-0.1, -0.05) is 23.2 Å². The standard InChI is InChI=1S/C12H16Cl2N2O3/c13-10-7-8(15)6-9(11(10)14)12(18)16-2-1-4-19-5-3-17/h6-7,17H,1-5,15H2,(H,16,18). The second-order valence-electron chi connectivity index (χ2n) is 3.81. The number of halogens is 2. The van der Waals surface area contributed by atoms with Crippen LogP contribution >= 0.6 is 23.2 Å². The van der Waals surface area contributed by atoms with Crippen LogP contribution in [-0.4, -0.2) is 37.4 Å². The largest absolute Gasteiger partial charge is 0.399 e. The van der Waals surface area contributed by atoms with Crippen molar-refractivity contribution in [3.05, 3.63) is 27.7 Å². The van der Waals surface area contributed by atoms with Crippen molar-refractivity contribution in [3.8, 4) is 0 Å². The van der Waals surface area contributed by atoms with Gasteiger partial charge in [0.25, 0.3) is 5.91 Å². The minimum Gasteiger partial charge on any atom is -0.399 e. The molecule has 0 saturated heterocycles. The number of anilines is 1. The van der Waals surface area contributed by atoms with Gasteiger partial charge in [0.1, 0.15) is 0 Å². The highest BCUT2D eigenvalue weighted by Crippen LogP contribution is 2.28. The molecular weight excluding hydrogens is 291 g/mol. The third-order valence-electron chi connectivity index (χ3n) is 2.28. The molecule has 0 bridgehead atoms. The number of amides is 1. The van der Waals surface area contributed by atoms with Crippen LogP contribution in [0.15, 0.2) is 12.1 Å². The van der Waals surface area contributed by atoms with Gasteiger partial charge in [0.2, 0.25) is 0 Å². The van der Waals surface area contributed by atoms with Crippen LogP contribution in [0.3, 0.4) is 0 Å². The lowest BCUT2D eigenvalue weighted by molar-refractivity contribution is 0.0867. The molecule has 0 aliphatic heterocycles. The summed E-state index contributed by atoms with van der Waals surface area (Å²) in [5, 5.41) is 11.6. The maximum Gasteiger partial charge on any atom is 0.252 e. The van der Waals surface area contributed by atoms with Crippen molar-refractivity contribution >= 4 is 34.8 Å². The maximum absolute atomic E-state index is 11.9. The highest BCUT2D eigenvalue weighted by molar-refractivity contribution is 6.44. The van der Waals surface area contributed by atoms with Crippen LogP contribution in [0.1, 0.15) is 16.8 Å². The van der Waals surface area contributed by atoms with E-state index in [0.29, 0.717) is 31.9 Å². The normalized spacial score (nSPS) is 10.5. The quantitative estimate of drug-likeness (QED) is 0.529. The van der Waals surface area contributed by atoms with Crippen LogP contribution < -0.4 is 11.1 Å². The number of rotatable bonds is 7. The van der Waals surface area contributed by atoms with Gasteiger partial charge in [-0.2, -0.15) is 0 Å². The molecule has 1 rings (SSSR count). The van der Waals surface area contributed by atoms with Gasteiger partial charge >= 0.3 is 0 Å². The van der Waals surface area contributed by atoms with Gasteiger partial charge < -0.3 is 20.9 Å². The van der Waals surface area contributed by atoms with E-state index in [9.17, 15) is 4.79 Å². The Hall–Kier alpha value is -1.01. The molecule has 1 aromatic carbocycles. The first kappa shape index (κ1) is 16.0. The monoisotopic (exact) mass is 306 g/mol. The highest BCUT2D eigenvalue weighted by atomic mass is 35.5. The SMILES string of the molecule is Nc1cc(Cl)c(Cl)c(C(=O)NCCCOCCO)c1. The Balaban J connectivity index is 2.46. The molecule has 4 N–H and O–H groups in total. The molecule has 0 atom stereocenters. The summed E-state index contributed by atoms with van der Waals surface area (Å²) in [4.78, 5) is 11.9. The Morgan fingerprint density at radius 3 is 2.79 bits per heavy atom. The number of nitrogen functional groups attached to an aromatic ring is 1. The van der Waals surface area contributed by atoms with Crippen molar-refractivity contribution in [2.45, 2.75) is 6.42 Å². The minimum atomic E-state index is -0.332. The van der Waals surface area contributed by atoms with Crippen molar-refractivity contribution in [3.63, 3.8) is 0 Å². The molecule has 0 heterocycles. The summed E-state index contributed by atoms with van der Waals surface area (Å²) in [5.41, 5.74) is 6.24. The summed E-state index contributed by atoms with van der Waals surface area (Å²) in [6.45, 7) is 1.19. The van der Waals surface area contributed by atoms with E-state index in [0.717, 1.165) is 0 Å². The number of hydrogen-bond acceptors (Lipinski definition) is 4. The second-order valence-corrected chi connectivity index (χ2v) is 4.59.